The van der Waals surface area contributed by atoms with Crippen LogP contribution >= 0.6 is 0 Å². The predicted octanol–water partition coefficient (Wildman–Crippen LogP) is 3.70. The summed E-state index contributed by atoms with van der Waals surface area (Å²) in [6.07, 6.45) is 2.51. The summed E-state index contributed by atoms with van der Waals surface area (Å²) in [6, 6.07) is 12.1. The molecule has 1 aliphatic heterocycles. The number of rotatable bonds is 8. The summed E-state index contributed by atoms with van der Waals surface area (Å²) in [5.41, 5.74) is 1.35. The molecule has 5 rings (SSSR count). The molecular weight excluding hydrogens is 525 g/mol. The molecule has 1 aliphatic rings. The van der Waals surface area contributed by atoms with Gasteiger partial charge < -0.3 is 20.6 Å². The molecule has 0 radical (unpaired) electrons. The van der Waals surface area contributed by atoms with Gasteiger partial charge in [0.2, 0.25) is 0 Å². The second kappa shape index (κ2) is 10.1. The largest absolute Gasteiger partial charge is 0.387 e. The smallest absolute Gasteiger partial charge is 0.282 e. The van der Waals surface area contributed by atoms with Gasteiger partial charge in [0, 0.05) is 6.20 Å². The van der Waals surface area contributed by atoms with Gasteiger partial charge in [-0.25, -0.2) is 22.7 Å². The summed E-state index contributed by atoms with van der Waals surface area (Å²) in [7, 11) is 0. The summed E-state index contributed by atoms with van der Waals surface area (Å²) in [4.78, 5) is 23.2. The van der Waals surface area contributed by atoms with E-state index < -0.39 is 43.2 Å². The first-order valence-electron chi connectivity index (χ1n) is 12.3. The number of nitriles is 1. The molecule has 1 amide bonds. The second-order valence-corrected chi connectivity index (χ2v) is 10.1. The number of pyridine rings is 2. The maximum atomic E-state index is 14.3. The third kappa shape index (κ3) is 5.52. The monoisotopic (exact) mass is 550 g/mol. The predicted molar refractivity (Wildman–Crippen MR) is 141 cm³/mol. The average molecular weight is 551 g/mol. The Morgan fingerprint density at radius 2 is 1.95 bits per heavy atom. The number of aromatic nitrogens is 4. The van der Waals surface area contributed by atoms with E-state index in [4.69, 9.17) is 5.26 Å². The molecule has 1 fully saturated rings. The van der Waals surface area contributed by atoms with E-state index in [2.05, 4.69) is 25.7 Å². The summed E-state index contributed by atoms with van der Waals surface area (Å²) in [5.74, 6) is -2.96. The first-order valence-corrected chi connectivity index (χ1v) is 12.3. The second-order valence-electron chi connectivity index (χ2n) is 10.1. The molecule has 13 heteroatoms. The van der Waals surface area contributed by atoms with Crippen LogP contribution in [0.1, 0.15) is 29.8 Å². The van der Waals surface area contributed by atoms with Crippen molar-refractivity contribution in [1.29, 1.82) is 5.26 Å². The van der Waals surface area contributed by atoms with Gasteiger partial charge in [-0.05, 0) is 50.2 Å². The normalized spacial score (nSPS) is 15.3. The molecular formula is C27H25F3N8O2. The van der Waals surface area contributed by atoms with E-state index in [0.717, 1.165) is 0 Å². The van der Waals surface area contributed by atoms with Gasteiger partial charge in [-0.1, -0.05) is 0 Å². The number of alkyl halides is 3. The van der Waals surface area contributed by atoms with E-state index >= 15 is 0 Å². The van der Waals surface area contributed by atoms with Crippen molar-refractivity contribution in [2.45, 2.75) is 31.5 Å². The Morgan fingerprint density at radius 3 is 2.60 bits per heavy atom. The van der Waals surface area contributed by atoms with E-state index in [0.29, 0.717) is 39.7 Å². The van der Waals surface area contributed by atoms with Gasteiger partial charge in [-0.15, -0.1) is 0 Å². The quantitative estimate of drug-likeness (QED) is 0.303. The average Bonchev–Trinajstić information content (AvgIpc) is 3.33. The van der Waals surface area contributed by atoms with Crippen molar-refractivity contribution in [1.82, 2.24) is 24.9 Å². The van der Waals surface area contributed by atoms with Crippen molar-refractivity contribution in [3.63, 3.8) is 0 Å². The molecule has 4 aromatic heterocycles. The lowest BCUT2D eigenvalue weighted by atomic mass is 10.0. The SMILES string of the molecule is CC(C)(O)C(F)CNC(=O)c1cnc(-c2ccc3cc(C#N)cnn23)cc1Nc1ccc(N2CC(F)(F)C2)nc1. The third-order valence-corrected chi connectivity index (χ3v) is 6.44. The van der Waals surface area contributed by atoms with Crippen LogP contribution in [0.2, 0.25) is 0 Å². The topological polar surface area (TPSA) is 131 Å². The summed E-state index contributed by atoms with van der Waals surface area (Å²) in [6.45, 7) is 1.39. The first kappa shape index (κ1) is 26.9. The van der Waals surface area contributed by atoms with Crippen LogP contribution in [-0.2, 0) is 0 Å². The van der Waals surface area contributed by atoms with E-state index in [-0.39, 0.29) is 5.56 Å². The summed E-state index contributed by atoms with van der Waals surface area (Å²) < 4.78 is 42.4. The zero-order chi connectivity index (χ0) is 28.7. The fourth-order valence-corrected chi connectivity index (χ4v) is 4.14. The number of anilines is 3. The number of carbonyl (C=O) groups is 1. The van der Waals surface area contributed by atoms with Crippen LogP contribution in [-0.4, -0.2) is 67.9 Å². The lowest BCUT2D eigenvalue weighted by Gasteiger charge is -2.39. The number of amides is 1. The highest BCUT2D eigenvalue weighted by molar-refractivity contribution is 6.00. The highest BCUT2D eigenvalue weighted by Gasteiger charge is 2.44. The van der Waals surface area contributed by atoms with Crippen molar-refractivity contribution < 1.29 is 23.1 Å². The number of halogens is 3. The van der Waals surface area contributed by atoms with Crippen molar-refractivity contribution in [2.24, 2.45) is 0 Å². The Morgan fingerprint density at radius 1 is 1.18 bits per heavy atom. The summed E-state index contributed by atoms with van der Waals surface area (Å²) in [5, 5.41) is 28.9. The molecule has 1 atom stereocenters. The number of aliphatic hydroxyl groups is 1. The highest BCUT2D eigenvalue weighted by Crippen LogP contribution is 2.32. The van der Waals surface area contributed by atoms with E-state index in [1.807, 2.05) is 6.07 Å². The van der Waals surface area contributed by atoms with Gasteiger partial charge >= 0.3 is 0 Å². The number of hydrogen-bond donors (Lipinski definition) is 3. The lowest BCUT2D eigenvalue weighted by molar-refractivity contribution is -0.0267. The van der Waals surface area contributed by atoms with E-state index in [9.17, 15) is 23.1 Å². The third-order valence-electron chi connectivity index (χ3n) is 6.44. The highest BCUT2D eigenvalue weighted by atomic mass is 19.3. The van der Waals surface area contributed by atoms with Gasteiger partial charge in [0.05, 0.1) is 77.0 Å². The molecule has 3 N–H and O–H groups in total. The van der Waals surface area contributed by atoms with Crippen LogP contribution in [0.3, 0.4) is 0 Å². The molecule has 0 aliphatic carbocycles. The number of fused-ring (bicyclic) bond motifs is 1. The van der Waals surface area contributed by atoms with Gasteiger partial charge in [-0.2, -0.15) is 10.4 Å². The van der Waals surface area contributed by atoms with Gasteiger partial charge in [0.15, 0.2) is 0 Å². The molecule has 0 saturated carbocycles. The van der Waals surface area contributed by atoms with E-state index in [1.165, 1.54) is 37.3 Å². The molecule has 1 saturated heterocycles. The maximum Gasteiger partial charge on any atom is 0.282 e. The van der Waals surface area contributed by atoms with Crippen LogP contribution in [0.15, 0.2) is 55.0 Å². The molecule has 0 spiro atoms. The molecule has 10 nitrogen and oxygen atoms in total. The van der Waals surface area contributed by atoms with Crippen molar-refractivity contribution >= 4 is 28.6 Å². The Balaban J connectivity index is 1.45. The van der Waals surface area contributed by atoms with Crippen LogP contribution in [0, 0.1) is 11.3 Å². The molecule has 206 valence electrons. The molecule has 0 aromatic carbocycles. The van der Waals surface area contributed by atoms with Crippen molar-refractivity contribution in [2.75, 3.05) is 29.9 Å². The number of nitrogens with one attached hydrogen (secondary N) is 2. The zero-order valence-corrected chi connectivity index (χ0v) is 21.6. The maximum absolute atomic E-state index is 14.3. The fourth-order valence-electron chi connectivity index (χ4n) is 4.14. The van der Waals surface area contributed by atoms with Crippen LogP contribution < -0.4 is 15.5 Å². The Labute approximate surface area is 227 Å². The van der Waals surface area contributed by atoms with Gasteiger partial charge in [0.1, 0.15) is 18.1 Å². The minimum atomic E-state index is -2.73. The Kier molecular flexibility index (Phi) is 6.80. The molecule has 1 unspecified atom stereocenters. The lowest BCUT2D eigenvalue weighted by Crippen LogP contribution is -2.56. The first-order chi connectivity index (χ1) is 18.9. The minimum absolute atomic E-state index is 0.0961. The van der Waals surface area contributed by atoms with Crippen LogP contribution in [0.4, 0.5) is 30.4 Å². The summed E-state index contributed by atoms with van der Waals surface area (Å²) >= 11 is 0. The molecule has 5 heterocycles. The standard InChI is InChI=1S/C27H25F3N8O2/c1-26(2,40)23(28)13-34-25(39)19-12-32-21(22-5-4-18-7-16(9-31)10-35-38(18)22)8-20(19)36-17-3-6-24(33-11-17)37-14-27(29,30)15-37/h3-8,10-12,23,40H,13-15H2,1-2H3,(H,32,36)(H,34,39). The minimum Gasteiger partial charge on any atom is -0.387 e. The van der Waals surface area contributed by atoms with Gasteiger partial charge in [-0.3, -0.25) is 9.78 Å². The van der Waals surface area contributed by atoms with Crippen LogP contribution in [0.25, 0.3) is 16.9 Å². The van der Waals surface area contributed by atoms with Crippen molar-refractivity contribution in [3.05, 3.63) is 66.1 Å². The molecule has 40 heavy (non-hydrogen) atoms. The van der Waals surface area contributed by atoms with Crippen molar-refractivity contribution in [3.8, 4) is 17.5 Å². The number of nitrogens with zero attached hydrogens (tertiary/aromatic N) is 6. The Bertz CT molecular complexity index is 1600. The van der Waals surface area contributed by atoms with E-state index in [1.54, 1.807) is 40.9 Å². The Hall–Kier alpha value is -4.70. The molecule has 4 aromatic rings. The molecule has 0 bridgehead atoms. The zero-order valence-electron chi connectivity index (χ0n) is 21.6. The van der Waals surface area contributed by atoms with Gasteiger partial charge in [0.25, 0.3) is 11.8 Å². The number of hydrogen-bond acceptors (Lipinski definition) is 8. The number of carbonyl (C=O) groups excluding carboxylic acids is 1. The van der Waals surface area contributed by atoms with Crippen LogP contribution in [0.5, 0.6) is 0 Å². The fraction of sp³-hybridized carbons (Fsp3) is 0.296.